The predicted octanol–water partition coefficient (Wildman–Crippen LogP) is 4.49. The summed E-state index contributed by atoms with van der Waals surface area (Å²) in [6, 6.07) is 0. The van der Waals surface area contributed by atoms with Crippen LogP contribution in [0.5, 0.6) is 0 Å². The molecule has 0 rings (SSSR count). The van der Waals surface area contributed by atoms with Crippen molar-refractivity contribution in [3.63, 3.8) is 0 Å². The maximum atomic E-state index is 10.4. The molecule has 144 valence electrons. The van der Waals surface area contributed by atoms with Crippen LogP contribution < -0.4 is 0 Å². The number of carboxylic acids is 1. The number of allylic oxidation sites excluding steroid dienone is 9. The molecule has 26 heavy (non-hydrogen) atoms. The molecule has 0 spiro atoms. The quantitative estimate of drug-likeness (QED) is 0.315. The number of aliphatic hydroxyl groups excluding tert-OH is 2. The summed E-state index contributed by atoms with van der Waals surface area (Å²) in [5.74, 6) is -0.900. The molecule has 0 aromatic heterocycles. The average molecular weight is 360 g/mol. The van der Waals surface area contributed by atoms with Gasteiger partial charge in [-0.05, 0) is 32.1 Å². The van der Waals surface area contributed by atoms with E-state index in [-0.39, 0.29) is 12.8 Å². The van der Waals surface area contributed by atoms with E-state index in [0.29, 0.717) is 6.42 Å². The highest BCUT2D eigenvalue weighted by atomic mass is 16.4. The minimum absolute atomic E-state index is 0.0322. The fourth-order valence-corrected chi connectivity index (χ4v) is 1.90. The first-order valence-corrected chi connectivity index (χ1v) is 9.10. The van der Waals surface area contributed by atoms with Gasteiger partial charge in [0, 0.05) is 6.42 Å². The molecule has 0 aromatic rings. The van der Waals surface area contributed by atoms with Crippen molar-refractivity contribution in [2.75, 3.05) is 0 Å². The Labute approximate surface area is 157 Å². The molecule has 0 fully saturated rings. The monoisotopic (exact) mass is 360 g/mol. The van der Waals surface area contributed by atoms with E-state index in [1.54, 1.807) is 18.2 Å². The van der Waals surface area contributed by atoms with Crippen LogP contribution in [0.2, 0.25) is 0 Å². The van der Waals surface area contributed by atoms with Gasteiger partial charge in [-0.3, -0.25) is 4.79 Å². The maximum absolute atomic E-state index is 10.4. The lowest BCUT2D eigenvalue weighted by molar-refractivity contribution is -0.137. The molecule has 4 nitrogen and oxygen atoms in total. The van der Waals surface area contributed by atoms with Crippen molar-refractivity contribution in [2.24, 2.45) is 0 Å². The Balaban J connectivity index is 3.80. The third-order valence-corrected chi connectivity index (χ3v) is 3.31. The normalized spacial score (nSPS) is 15.5. The van der Waals surface area contributed by atoms with Crippen LogP contribution in [0, 0.1) is 0 Å². The van der Waals surface area contributed by atoms with Gasteiger partial charge in [0.1, 0.15) is 0 Å². The minimum atomic E-state index is -0.900. The van der Waals surface area contributed by atoms with E-state index >= 15 is 0 Å². The van der Waals surface area contributed by atoms with Gasteiger partial charge in [0.05, 0.1) is 12.2 Å². The topological polar surface area (TPSA) is 77.8 Å². The maximum Gasteiger partial charge on any atom is 0.303 e. The van der Waals surface area contributed by atoms with E-state index in [4.69, 9.17) is 5.11 Å². The minimum Gasteiger partial charge on any atom is -0.481 e. The van der Waals surface area contributed by atoms with Gasteiger partial charge in [-0.25, -0.2) is 0 Å². The molecule has 0 radical (unpaired) electrons. The Morgan fingerprint density at radius 2 is 1.38 bits per heavy atom. The summed E-state index contributed by atoms with van der Waals surface area (Å²) in [6.45, 7) is 2.07. The summed E-state index contributed by atoms with van der Waals surface area (Å²) in [7, 11) is 0. The first kappa shape index (κ1) is 23.8. The molecular weight excluding hydrogens is 328 g/mol. The molecular formula is C22H32O4. The van der Waals surface area contributed by atoms with E-state index in [1.807, 2.05) is 48.6 Å². The summed E-state index contributed by atoms with van der Waals surface area (Å²) >= 11 is 0. The van der Waals surface area contributed by atoms with Gasteiger partial charge in [0.15, 0.2) is 0 Å². The summed E-state index contributed by atoms with van der Waals surface area (Å²) in [5, 5.41) is 27.7. The number of aliphatic carboxylic acids is 1. The Hall–Kier alpha value is -2.17. The van der Waals surface area contributed by atoms with Crippen molar-refractivity contribution in [3.05, 3.63) is 72.9 Å². The summed E-state index contributed by atoms with van der Waals surface area (Å²) < 4.78 is 0. The zero-order chi connectivity index (χ0) is 19.5. The van der Waals surface area contributed by atoms with E-state index < -0.39 is 18.2 Å². The second kappa shape index (κ2) is 17.6. The molecule has 2 atom stereocenters. The molecule has 0 heterocycles. The molecule has 0 aliphatic heterocycles. The number of aliphatic hydroxyl groups is 2. The molecule has 0 saturated carbocycles. The second-order valence-electron chi connectivity index (χ2n) is 5.75. The molecule has 4 heteroatoms. The number of rotatable bonds is 14. The first-order chi connectivity index (χ1) is 12.6. The molecule has 0 amide bonds. The molecule has 0 aromatic carbocycles. The van der Waals surface area contributed by atoms with Crippen LogP contribution >= 0.6 is 0 Å². The fraction of sp³-hybridized carbons (Fsp3) is 0.409. The van der Waals surface area contributed by atoms with Gasteiger partial charge in [-0.1, -0.05) is 79.8 Å². The van der Waals surface area contributed by atoms with Crippen LogP contribution in [0.15, 0.2) is 72.9 Å². The predicted molar refractivity (Wildman–Crippen MR) is 108 cm³/mol. The lowest BCUT2D eigenvalue weighted by Gasteiger charge is -2.00. The van der Waals surface area contributed by atoms with Gasteiger partial charge in [0.2, 0.25) is 0 Å². The van der Waals surface area contributed by atoms with Crippen LogP contribution in [0.1, 0.15) is 45.4 Å². The standard InChI is InChI=1S/C22H32O4/c1-2-3-12-15-20(23)16-13-10-8-6-4-5-7-9-11-14-17-21(24)18-19-22(25)26/h3-5,8-14,16-17,20-21,23-24H,2,6-7,15,18-19H2,1H3,(H,25,26)/t20-,21?/m0/s1. The van der Waals surface area contributed by atoms with E-state index in [2.05, 4.69) is 13.0 Å². The molecule has 3 N–H and O–H groups in total. The summed E-state index contributed by atoms with van der Waals surface area (Å²) in [5.41, 5.74) is 0. The smallest absolute Gasteiger partial charge is 0.303 e. The second-order valence-corrected chi connectivity index (χ2v) is 5.75. The average Bonchev–Trinajstić information content (AvgIpc) is 2.61. The van der Waals surface area contributed by atoms with Crippen molar-refractivity contribution in [3.8, 4) is 0 Å². The van der Waals surface area contributed by atoms with Gasteiger partial charge in [0.25, 0.3) is 0 Å². The first-order valence-electron chi connectivity index (χ1n) is 9.10. The van der Waals surface area contributed by atoms with Crippen LogP contribution in [-0.2, 0) is 4.79 Å². The van der Waals surface area contributed by atoms with Crippen molar-refractivity contribution < 1.29 is 20.1 Å². The lowest BCUT2D eigenvalue weighted by Crippen LogP contribution is -2.05. The molecule has 0 bridgehead atoms. The van der Waals surface area contributed by atoms with Crippen molar-refractivity contribution in [2.45, 2.75) is 57.7 Å². The Morgan fingerprint density at radius 3 is 1.92 bits per heavy atom. The molecule has 0 aliphatic rings. The van der Waals surface area contributed by atoms with Crippen LogP contribution in [0.25, 0.3) is 0 Å². The highest BCUT2D eigenvalue weighted by Gasteiger charge is 2.02. The van der Waals surface area contributed by atoms with Crippen LogP contribution in [-0.4, -0.2) is 33.5 Å². The highest BCUT2D eigenvalue weighted by molar-refractivity contribution is 5.66. The van der Waals surface area contributed by atoms with Gasteiger partial charge in [-0.2, -0.15) is 0 Å². The third-order valence-electron chi connectivity index (χ3n) is 3.31. The van der Waals surface area contributed by atoms with Crippen molar-refractivity contribution in [1.29, 1.82) is 0 Å². The summed E-state index contributed by atoms with van der Waals surface area (Å²) in [6.07, 6.45) is 25.1. The van der Waals surface area contributed by atoms with Gasteiger partial charge < -0.3 is 15.3 Å². The zero-order valence-electron chi connectivity index (χ0n) is 15.6. The van der Waals surface area contributed by atoms with Gasteiger partial charge >= 0.3 is 5.97 Å². The van der Waals surface area contributed by atoms with Crippen molar-refractivity contribution >= 4 is 5.97 Å². The Kier molecular flexibility index (Phi) is 16.2. The fourth-order valence-electron chi connectivity index (χ4n) is 1.90. The summed E-state index contributed by atoms with van der Waals surface area (Å²) in [4.78, 5) is 10.4. The van der Waals surface area contributed by atoms with Crippen LogP contribution in [0.4, 0.5) is 0 Å². The van der Waals surface area contributed by atoms with E-state index in [0.717, 1.165) is 19.3 Å². The highest BCUT2D eigenvalue weighted by Crippen LogP contribution is 2.00. The van der Waals surface area contributed by atoms with E-state index in [1.165, 1.54) is 0 Å². The molecule has 0 aliphatic carbocycles. The van der Waals surface area contributed by atoms with Crippen molar-refractivity contribution in [1.82, 2.24) is 0 Å². The Bertz CT molecular complexity index is 524. The van der Waals surface area contributed by atoms with E-state index in [9.17, 15) is 15.0 Å². The largest absolute Gasteiger partial charge is 0.481 e. The SMILES string of the molecule is CCC=CC[C@H](O)C=CC=CCC=CCC=CC=CC(O)CCC(=O)O. The van der Waals surface area contributed by atoms with Gasteiger partial charge in [-0.15, -0.1) is 0 Å². The number of hydrogen-bond acceptors (Lipinski definition) is 3. The Morgan fingerprint density at radius 1 is 0.808 bits per heavy atom. The molecule has 0 saturated heterocycles. The molecule has 1 unspecified atom stereocenters. The number of carbonyl (C=O) groups is 1. The zero-order valence-corrected chi connectivity index (χ0v) is 15.6. The number of hydrogen-bond donors (Lipinski definition) is 3. The third kappa shape index (κ3) is 18.2. The number of carboxylic acid groups (broad SMARTS) is 1. The van der Waals surface area contributed by atoms with Crippen LogP contribution in [0.3, 0.4) is 0 Å². The lowest BCUT2D eigenvalue weighted by atomic mass is 10.2.